The van der Waals surface area contributed by atoms with Gasteiger partial charge in [0.25, 0.3) is 5.89 Å². The van der Waals surface area contributed by atoms with Gasteiger partial charge in [0, 0.05) is 5.54 Å². The molecule has 0 bridgehead atoms. The molecule has 2 heterocycles. The van der Waals surface area contributed by atoms with Crippen molar-refractivity contribution in [3.63, 3.8) is 0 Å². The smallest absolute Gasteiger partial charge is 0.316 e. The molecule has 0 aliphatic heterocycles. The molecule has 0 radical (unpaired) electrons. The molecule has 0 saturated carbocycles. The van der Waals surface area contributed by atoms with Gasteiger partial charge in [-0.05, 0) is 20.8 Å². The van der Waals surface area contributed by atoms with Gasteiger partial charge in [0.15, 0.2) is 5.69 Å². The Bertz CT molecular complexity index is 430. The van der Waals surface area contributed by atoms with E-state index in [9.17, 15) is 0 Å². The second-order valence-corrected chi connectivity index (χ2v) is 4.64. The van der Waals surface area contributed by atoms with E-state index < -0.39 is 0 Å². The van der Waals surface area contributed by atoms with E-state index in [4.69, 9.17) is 4.42 Å². The van der Waals surface area contributed by atoms with Crippen LogP contribution in [0.5, 0.6) is 0 Å². The van der Waals surface area contributed by atoms with Crippen molar-refractivity contribution in [1.82, 2.24) is 18.9 Å². The number of hydrogen-bond donors (Lipinski definition) is 1. The largest absolute Gasteiger partial charge is 0.402 e. The van der Waals surface area contributed by atoms with Crippen molar-refractivity contribution in [3.05, 3.63) is 6.20 Å². The lowest BCUT2D eigenvalue weighted by Crippen LogP contribution is -2.26. The van der Waals surface area contributed by atoms with Crippen LogP contribution in [0.1, 0.15) is 20.8 Å². The van der Waals surface area contributed by atoms with Gasteiger partial charge in [-0.2, -0.15) is 8.75 Å². The summed E-state index contributed by atoms with van der Waals surface area (Å²) in [5, 5.41) is 10.8. The molecule has 1 N–H and O–H groups in total. The maximum absolute atomic E-state index is 5.37. The number of aromatic nitrogens is 4. The van der Waals surface area contributed by atoms with E-state index >= 15 is 0 Å². The molecule has 7 heteroatoms. The Kier molecular flexibility index (Phi) is 2.39. The Morgan fingerprint density at radius 3 is 2.73 bits per heavy atom. The van der Waals surface area contributed by atoms with Crippen LogP contribution < -0.4 is 5.32 Å². The van der Waals surface area contributed by atoms with Crippen LogP contribution in [0.15, 0.2) is 10.6 Å². The van der Waals surface area contributed by atoms with Crippen molar-refractivity contribution in [2.75, 3.05) is 5.32 Å². The molecule has 0 aromatic carbocycles. The molecule has 2 aromatic heterocycles. The lowest BCUT2D eigenvalue weighted by atomic mass is 10.1. The summed E-state index contributed by atoms with van der Waals surface area (Å²) in [7, 11) is 0. The van der Waals surface area contributed by atoms with E-state index in [1.807, 2.05) is 20.8 Å². The molecular weight excluding hydrogens is 214 g/mol. The third-order valence-corrected chi connectivity index (χ3v) is 1.97. The monoisotopic (exact) mass is 225 g/mol. The zero-order valence-corrected chi connectivity index (χ0v) is 9.50. The summed E-state index contributed by atoms with van der Waals surface area (Å²) >= 11 is 1.11. The topological polar surface area (TPSA) is 76.7 Å². The fourth-order valence-electron chi connectivity index (χ4n) is 0.957. The van der Waals surface area contributed by atoms with Crippen molar-refractivity contribution < 1.29 is 4.42 Å². The van der Waals surface area contributed by atoms with Gasteiger partial charge in [-0.15, -0.1) is 5.10 Å². The third kappa shape index (κ3) is 2.50. The van der Waals surface area contributed by atoms with Gasteiger partial charge >= 0.3 is 6.01 Å². The molecule has 0 fully saturated rings. The summed E-state index contributed by atoms with van der Waals surface area (Å²) in [6, 6.07) is 0.394. The Balaban J connectivity index is 2.18. The van der Waals surface area contributed by atoms with E-state index in [-0.39, 0.29) is 5.54 Å². The van der Waals surface area contributed by atoms with E-state index in [0.29, 0.717) is 17.6 Å². The van der Waals surface area contributed by atoms with Gasteiger partial charge in [0.05, 0.1) is 17.9 Å². The highest BCUT2D eigenvalue weighted by Crippen LogP contribution is 2.19. The second-order valence-electron chi connectivity index (χ2n) is 4.08. The summed E-state index contributed by atoms with van der Waals surface area (Å²) in [5.41, 5.74) is 0.499. The molecule has 0 amide bonds. The van der Waals surface area contributed by atoms with E-state index in [2.05, 4.69) is 24.3 Å². The Morgan fingerprint density at radius 1 is 1.33 bits per heavy atom. The van der Waals surface area contributed by atoms with Crippen molar-refractivity contribution >= 4 is 17.7 Å². The van der Waals surface area contributed by atoms with E-state index in [1.54, 1.807) is 6.20 Å². The summed E-state index contributed by atoms with van der Waals surface area (Å²) in [6.07, 6.45) is 1.60. The van der Waals surface area contributed by atoms with Crippen LogP contribution in [0.3, 0.4) is 0 Å². The first-order valence-electron chi connectivity index (χ1n) is 4.44. The number of nitrogens with one attached hydrogen (secondary N) is 1. The molecule has 0 aliphatic carbocycles. The van der Waals surface area contributed by atoms with Crippen molar-refractivity contribution in [3.8, 4) is 11.6 Å². The molecule has 80 valence electrons. The minimum absolute atomic E-state index is 0.107. The fourth-order valence-corrected chi connectivity index (χ4v) is 1.36. The lowest BCUT2D eigenvalue weighted by molar-refractivity contribution is 0.537. The van der Waals surface area contributed by atoms with Gasteiger partial charge in [-0.1, -0.05) is 5.10 Å². The molecule has 2 aromatic rings. The van der Waals surface area contributed by atoms with Crippen LogP contribution in [0.25, 0.3) is 11.6 Å². The molecule has 0 atom stereocenters. The Hall–Kier alpha value is -1.50. The first-order valence-corrected chi connectivity index (χ1v) is 5.17. The van der Waals surface area contributed by atoms with Gasteiger partial charge < -0.3 is 9.73 Å². The maximum atomic E-state index is 5.37. The van der Waals surface area contributed by atoms with Crippen LogP contribution in [0, 0.1) is 0 Å². The number of rotatable bonds is 2. The maximum Gasteiger partial charge on any atom is 0.316 e. The van der Waals surface area contributed by atoms with Gasteiger partial charge in [0.2, 0.25) is 0 Å². The molecule has 0 aliphatic rings. The van der Waals surface area contributed by atoms with Crippen LogP contribution in [0.2, 0.25) is 0 Å². The van der Waals surface area contributed by atoms with Crippen molar-refractivity contribution in [2.24, 2.45) is 0 Å². The second kappa shape index (κ2) is 3.58. The minimum Gasteiger partial charge on any atom is -0.402 e. The fraction of sp³-hybridized carbons (Fsp3) is 0.500. The summed E-state index contributed by atoms with van der Waals surface area (Å²) < 4.78 is 13.2. The minimum atomic E-state index is -0.107. The number of anilines is 1. The molecular formula is C8H11N5OS. The first-order chi connectivity index (χ1) is 7.04. The van der Waals surface area contributed by atoms with Crippen LogP contribution >= 0.6 is 11.7 Å². The molecule has 15 heavy (non-hydrogen) atoms. The lowest BCUT2D eigenvalue weighted by Gasteiger charge is -2.17. The van der Waals surface area contributed by atoms with Crippen molar-refractivity contribution in [1.29, 1.82) is 0 Å². The third-order valence-electron chi connectivity index (χ3n) is 1.49. The predicted molar refractivity (Wildman–Crippen MR) is 56.6 cm³/mol. The highest BCUT2D eigenvalue weighted by Gasteiger charge is 2.15. The quantitative estimate of drug-likeness (QED) is 0.839. The average Bonchev–Trinajstić information content (AvgIpc) is 2.68. The van der Waals surface area contributed by atoms with Crippen LogP contribution in [-0.4, -0.2) is 24.5 Å². The standard InChI is InChI=1S/C8H11N5OS/c1-8(2,3)10-7-12-11-6(14-7)5-4-9-15-13-5/h4H,1-3H3,(H,10,12). The van der Waals surface area contributed by atoms with E-state index in [0.717, 1.165) is 11.7 Å². The molecule has 2 rings (SSSR count). The molecule has 0 spiro atoms. The van der Waals surface area contributed by atoms with Gasteiger partial charge in [-0.3, -0.25) is 0 Å². The first kappa shape index (κ1) is 10.0. The normalized spacial score (nSPS) is 11.7. The van der Waals surface area contributed by atoms with Gasteiger partial charge in [0.1, 0.15) is 0 Å². The van der Waals surface area contributed by atoms with Crippen LogP contribution in [-0.2, 0) is 0 Å². The Morgan fingerprint density at radius 2 is 2.13 bits per heavy atom. The molecule has 0 saturated heterocycles. The number of hydrogen-bond acceptors (Lipinski definition) is 7. The van der Waals surface area contributed by atoms with Crippen LogP contribution in [0.4, 0.5) is 6.01 Å². The Labute approximate surface area is 91.1 Å². The SMILES string of the molecule is CC(C)(C)Nc1nnc(-c2cnsn2)o1. The zero-order valence-electron chi connectivity index (χ0n) is 8.68. The molecule has 6 nitrogen and oxygen atoms in total. The summed E-state index contributed by atoms with van der Waals surface area (Å²) in [6.45, 7) is 6.05. The highest BCUT2D eigenvalue weighted by molar-refractivity contribution is 6.99. The summed E-state index contributed by atoms with van der Waals surface area (Å²) in [5.74, 6) is 0.385. The zero-order chi connectivity index (χ0) is 10.9. The molecule has 0 unspecified atom stereocenters. The number of nitrogens with zero attached hydrogens (tertiary/aromatic N) is 4. The highest BCUT2D eigenvalue weighted by atomic mass is 32.1. The van der Waals surface area contributed by atoms with Gasteiger partial charge in [-0.25, -0.2) is 0 Å². The van der Waals surface area contributed by atoms with Crippen molar-refractivity contribution in [2.45, 2.75) is 26.3 Å². The summed E-state index contributed by atoms with van der Waals surface area (Å²) in [4.78, 5) is 0. The van der Waals surface area contributed by atoms with E-state index in [1.165, 1.54) is 0 Å². The predicted octanol–water partition coefficient (Wildman–Crippen LogP) is 1.80. The average molecular weight is 225 g/mol.